The summed E-state index contributed by atoms with van der Waals surface area (Å²) >= 11 is 0. The summed E-state index contributed by atoms with van der Waals surface area (Å²) in [6, 6.07) is 17.7. The summed E-state index contributed by atoms with van der Waals surface area (Å²) in [7, 11) is 0. The molecule has 0 spiro atoms. The van der Waals surface area contributed by atoms with Crippen LogP contribution in [-0.4, -0.2) is 27.5 Å². The van der Waals surface area contributed by atoms with Gasteiger partial charge in [0.05, 0.1) is 5.52 Å². The van der Waals surface area contributed by atoms with Gasteiger partial charge in [-0.3, -0.25) is 19.7 Å². The summed E-state index contributed by atoms with van der Waals surface area (Å²) in [5, 5.41) is 0.811. The molecule has 0 saturated heterocycles. The number of ether oxygens (including phenoxy) is 1. The maximum Gasteiger partial charge on any atom is 0.276 e. The number of aromatic nitrogens is 2. The molecule has 0 aliphatic carbocycles. The van der Waals surface area contributed by atoms with Crippen LogP contribution in [0.2, 0.25) is 0 Å². The van der Waals surface area contributed by atoms with E-state index in [1.165, 1.54) is 5.56 Å². The monoisotopic (exact) mass is 429 g/mol. The second-order valence-electron chi connectivity index (χ2n) is 8.14. The van der Waals surface area contributed by atoms with Gasteiger partial charge < -0.3 is 9.30 Å². The number of fused-ring (bicyclic) bond motifs is 1. The van der Waals surface area contributed by atoms with Crippen molar-refractivity contribution in [3.63, 3.8) is 0 Å². The van der Waals surface area contributed by atoms with Crippen LogP contribution in [0, 0.1) is 27.7 Å². The van der Waals surface area contributed by atoms with Crippen LogP contribution in [-0.2, 0) is 4.79 Å². The Morgan fingerprint density at radius 3 is 2.19 bits per heavy atom. The molecule has 0 fully saturated rings. The normalized spacial score (nSPS) is 11.0. The molecule has 4 aromatic rings. The van der Waals surface area contributed by atoms with Crippen molar-refractivity contribution in [2.24, 2.45) is 0 Å². The molecule has 0 atom stereocenters. The van der Waals surface area contributed by atoms with Crippen LogP contribution in [0.25, 0.3) is 16.6 Å². The van der Waals surface area contributed by atoms with E-state index in [-0.39, 0.29) is 18.3 Å². The van der Waals surface area contributed by atoms with Crippen LogP contribution in [0.5, 0.6) is 5.75 Å². The summed E-state index contributed by atoms with van der Waals surface area (Å²) < 4.78 is 9.58. The third-order valence-electron chi connectivity index (χ3n) is 5.70. The molecule has 0 aliphatic heterocycles. The number of benzene rings is 2. The first-order chi connectivity index (χ1) is 15.3. The molecule has 0 saturated carbocycles. The van der Waals surface area contributed by atoms with Gasteiger partial charge in [0.15, 0.2) is 12.4 Å². The summed E-state index contributed by atoms with van der Waals surface area (Å²) in [5.41, 5.74) is 9.35. The Hall–Kier alpha value is -3.80. The van der Waals surface area contributed by atoms with Gasteiger partial charge in [-0.25, -0.2) is 0 Å². The van der Waals surface area contributed by atoms with Crippen molar-refractivity contribution in [1.29, 1.82) is 0 Å². The SMILES string of the molecule is CC(=O)c1c(C)n(-c2ccc(C)cc2)c2ccc(OCC(=O)Nn3c(C)ccc3C)cc12. The minimum atomic E-state index is -0.257. The Morgan fingerprint density at radius 2 is 1.56 bits per heavy atom. The lowest BCUT2D eigenvalue weighted by atomic mass is 10.1. The van der Waals surface area contributed by atoms with Crippen LogP contribution in [0.4, 0.5) is 0 Å². The molecule has 4 rings (SSSR count). The fourth-order valence-corrected chi connectivity index (χ4v) is 4.11. The molecule has 0 unspecified atom stereocenters. The van der Waals surface area contributed by atoms with Crippen LogP contribution < -0.4 is 10.2 Å². The highest BCUT2D eigenvalue weighted by atomic mass is 16.5. The van der Waals surface area contributed by atoms with E-state index in [0.29, 0.717) is 11.3 Å². The average Bonchev–Trinajstić information content (AvgIpc) is 3.23. The van der Waals surface area contributed by atoms with Crippen LogP contribution in [0.1, 0.15) is 39.9 Å². The maximum atomic E-state index is 12.5. The third-order valence-corrected chi connectivity index (χ3v) is 5.70. The number of ketones is 1. The molecule has 0 radical (unpaired) electrons. The first-order valence-electron chi connectivity index (χ1n) is 10.6. The number of amides is 1. The third kappa shape index (κ3) is 3.91. The smallest absolute Gasteiger partial charge is 0.276 e. The predicted molar refractivity (Wildman–Crippen MR) is 127 cm³/mol. The van der Waals surface area contributed by atoms with Gasteiger partial charge in [-0.15, -0.1) is 0 Å². The summed E-state index contributed by atoms with van der Waals surface area (Å²) in [6.07, 6.45) is 0. The van der Waals surface area contributed by atoms with Gasteiger partial charge in [0.25, 0.3) is 5.91 Å². The van der Waals surface area contributed by atoms with E-state index < -0.39 is 0 Å². The minimum absolute atomic E-state index is 0.00758. The molecule has 1 amide bonds. The molecule has 2 aromatic carbocycles. The molecular formula is C26H27N3O3. The van der Waals surface area contributed by atoms with Gasteiger partial charge in [-0.2, -0.15) is 0 Å². The number of rotatable bonds is 6. The Bertz CT molecular complexity index is 1310. The molecule has 32 heavy (non-hydrogen) atoms. The fourth-order valence-electron chi connectivity index (χ4n) is 4.11. The van der Waals surface area contributed by atoms with E-state index in [4.69, 9.17) is 4.74 Å². The second kappa shape index (κ2) is 8.38. The van der Waals surface area contributed by atoms with Crippen molar-refractivity contribution >= 4 is 22.6 Å². The van der Waals surface area contributed by atoms with Crippen LogP contribution in [0.15, 0.2) is 54.6 Å². The number of carbonyl (C=O) groups is 2. The highest BCUT2D eigenvalue weighted by molar-refractivity contribution is 6.09. The summed E-state index contributed by atoms with van der Waals surface area (Å²) in [4.78, 5) is 24.9. The van der Waals surface area contributed by atoms with Gasteiger partial charge in [-0.1, -0.05) is 17.7 Å². The Kier molecular flexibility index (Phi) is 5.61. The van der Waals surface area contributed by atoms with Gasteiger partial charge >= 0.3 is 0 Å². The van der Waals surface area contributed by atoms with E-state index >= 15 is 0 Å². The number of nitrogens with zero attached hydrogens (tertiary/aromatic N) is 2. The lowest BCUT2D eigenvalue weighted by molar-refractivity contribution is -0.119. The van der Waals surface area contributed by atoms with Crippen LogP contribution >= 0.6 is 0 Å². The zero-order valence-electron chi connectivity index (χ0n) is 19.0. The molecule has 164 valence electrons. The van der Waals surface area contributed by atoms with E-state index in [9.17, 15) is 9.59 Å². The van der Waals surface area contributed by atoms with Crippen molar-refractivity contribution in [2.45, 2.75) is 34.6 Å². The lowest BCUT2D eigenvalue weighted by Gasteiger charge is -2.12. The average molecular weight is 430 g/mol. The van der Waals surface area contributed by atoms with Crippen molar-refractivity contribution in [3.8, 4) is 11.4 Å². The van der Waals surface area contributed by atoms with Gasteiger partial charge in [0.1, 0.15) is 5.75 Å². The highest BCUT2D eigenvalue weighted by Gasteiger charge is 2.19. The largest absolute Gasteiger partial charge is 0.484 e. The number of nitrogens with one attached hydrogen (secondary N) is 1. The van der Waals surface area contributed by atoms with Gasteiger partial charge in [0, 0.05) is 33.7 Å². The molecule has 0 bridgehead atoms. The van der Waals surface area contributed by atoms with Crippen molar-refractivity contribution < 1.29 is 14.3 Å². The summed E-state index contributed by atoms with van der Waals surface area (Å²) in [6.45, 7) is 9.29. The number of hydrogen-bond acceptors (Lipinski definition) is 3. The number of hydrogen-bond donors (Lipinski definition) is 1. The minimum Gasteiger partial charge on any atom is -0.484 e. The zero-order chi connectivity index (χ0) is 23.0. The first-order valence-corrected chi connectivity index (χ1v) is 10.6. The molecule has 2 aromatic heterocycles. The fraction of sp³-hybridized carbons (Fsp3) is 0.231. The summed E-state index contributed by atoms with van der Waals surface area (Å²) in [5.74, 6) is 0.275. The second-order valence-corrected chi connectivity index (χ2v) is 8.14. The lowest BCUT2D eigenvalue weighted by Crippen LogP contribution is -2.29. The molecular weight excluding hydrogens is 402 g/mol. The maximum absolute atomic E-state index is 12.5. The van der Waals surface area contributed by atoms with E-state index in [2.05, 4.69) is 22.1 Å². The van der Waals surface area contributed by atoms with E-state index in [0.717, 1.165) is 33.7 Å². The number of carbonyl (C=O) groups excluding carboxylic acids is 2. The molecule has 2 heterocycles. The van der Waals surface area contributed by atoms with Crippen molar-refractivity contribution in [3.05, 3.63) is 82.8 Å². The Labute approximate surface area is 187 Å². The Morgan fingerprint density at radius 1 is 0.906 bits per heavy atom. The topological polar surface area (TPSA) is 65.3 Å². The molecule has 6 heteroatoms. The molecule has 0 aliphatic rings. The van der Waals surface area contributed by atoms with E-state index in [1.807, 2.05) is 70.2 Å². The predicted octanol–water partition coefficient (Wildman–Crippen LogP) is 5.02. The van der Waals surface area contributed by atoms with Gasteiger partial charge in [0.2, 0.25) is 0 Å². The van der Waals surface area contributed by atoms with E-state index in [1.54, 1.807) is 11.6 Å². The van der Waals surface area contributed by atoms with Gasteiger partial charge in [-0.05, 0) is 77.1 Å². The molecule has 6 nitrogen and oxygen atoms in total. The highest BCUT2D eigenvalue weighted by Crippen LogP contribution is 2.32. The number of aryl methyl sites for hydroxylation is 3. The Balaban J connectivity index is 1.63. The molecule has 1 N–H and O–H groups in total. The van der Waals surface area contributed by atoms with Crippen molar-refractivity contribution in [1.82, 2.24) is 9.24 Å². The number of Topliss-reactive ketones (excluding diaryl/α,β-unsaturated/α-hetero) is 1. The van der Waals surface area contributed by atoms with Crippen molar-refractivity contribution in [2.75, 3.05) is 12.0 Å². The first kappa shape index (κ1) is 21.4. The zero-order valence-corrected chi connectivity index (χ0v) is 19.0. The standard InChI is InChI=1S/C26H27N3O3/c1-16-6-10-21(11-7-16)28-19(4)26(20(5)30)23-14-22(12-13-24(23)28)32-15-25(31)27-29-17(2)8-9-18(29)3/h6-14H,15H2,1-5H3,(H,27,31). The van der Waals surface area contributed by atoms with Crippen LogP contribution in [0.3, 0.4) is 0 Å². The quantitative estimate of drug-likeness (QED) is 0.438.